The van der Waals surface area contributed by atoms with Crippen LogP contribution in [-0.2, 0) is 0 Å². The van der Waals surface area contributed by atoms with Crippen LogP contribution in [0, 0.1) is 6.20 Å². The maximum Gasteiger partial charge on any atom is 0.279 e. The first-order chi connectivity index (χ1) is 7.81. The third-order valence-electron chi connectivity index (χ3n) is 1.90. The van der Waals surface area contributed by atoms with Crippen molar-refractivity contribution in [2.75, 3.05) is 14.2 Å². The Morgan fingerprint density at radius 2 is 1.69 bits per heavy atom. The van der Waals surface area contributed by atoms with Crippen LogP contribution in [0.4, 0.5) is 0 Å². The summed E-state index contributed by atoms with van der Waals surface area (Å²) in [6, 6.07) is 5.31. The number of nitrogens with zero attached hydrogens (tertiary/aromatic N) is 1. The Hall–Kier alpha value is -1.75. The summed E-state index contributed by atoms with van der Waals surface area (Å²) in [7, 11) is 3.19. The predicted molar refractivity (Wildman–Crippen MR) is 60.6 cm³/mol. The van der Waals surface area contributed by atoms with E-state index in [0.717, 1.165) is 0 Å². The summed E-state index contributed by atoms with van der Waals surface area (Å²) >= 11 is 1.37. The molecule has 0 aliphatic rings. The molecule has 0 atom stereocenters. The second-order valence-electron chi connectivity index (χ2n) is 2.89. The first-order valence-electron chi connectivity index (χ1n) is 4.54. The molecular weight excluding hydrogens is 226 g/mol. The lowest BCUT2D eigenvalue weighted by Gasteiger charge is -2.07. The van der Waals surface area contributed by atoms with Crippen molar-refractivity contribution in [2.24, 2.45) is 0 Å². The molecule has 0 amide bonds. The molecule has 0 unspecified atom stereocenters. The van der Waals surface area contributed by atoms with Gasteiger partial charge in [-0.25, -0.2) is 4.98 Å². The summed E-state index contributed by atoms with van der Waals surface area (Å²) in [6.45, 7) is 0. The summed E-state index contributed by atoms with van der Waals surface area (Å²) < 4.78 is 15.8. The quantitative estimate of drug-likeness (QED) is 0.818. The van der Waals surface area contributed by atoms with Crippen molar-refractivity contribution >= 4 is 11.3 Å². The van der Waals surface area contributed by atoms with E-state index in [1.54, 1.807) is 37.8 Å². The minimum atomic E-state index is 0.537. The highest BCUT2D eigenvalue weighted by atomic mass is 32.1. The molecule has 4 nitrogen and oxygen atoms in total. The number of ether oxygens (including phenoxy) is 3. The molecule has 0 aliphatic heterocycles. The molecule has 0 aliphatic carbocycles. The van der Waals surface area contributed by atoms with E-state index in [0.29, 0.717) is 22.4 Å². The Kier molecular flexibility index (Phi) is 3.26. The minimum Gasteiger partial charge on any atom is -0.496 e. The van der Waals surface area contributed by atoms with Gasteiger partial charge in [0.05, 0.1) is 14.2 Å². The molecule has 5 heteroatoms. The highest BCUT2D eigenvalue weighted by Gasteiger charge is 2.05. The third kappa shape index (κ3) is 2.43. The van der Waals surface area contributed by atoms with Crippen LogP contribution in [0.25, 0.3) is 0 Å². The summed E-state index contributed by atoms with van der Waals surface area (Å²) in [6.07, 6.45) is 2.69. The average molecular weight is 236 g/mol. The predicted octanol–water partition coefficient (Wildman–Crippen LogP) is 2.75. The van der Waals surface area contributed by atoms with Gasteiger partial charge in [0, 0.05) is 23.6 Å². The summed E-state index contributed by atoms with van der Waals surface area (Å²) in [5.41, 5.74) is 0. The number of hydrogen-bond acceptors (Lipinski definition) is 5. The van der Waals surface area contributed by atoms with E-state index in [2.05, 4.69) is 11.2 Å². The lowest BCUT2D eigenvalue weighted by atomic mass is 10.3. The van der Waals surface area contributed by atoms with Gasteiger partial charge in [0.15, 0.2) is 0 Å². The number of methoxy groups -OCH3 is 2. The van der Waals surface area contributed by atoms with Crippen molar-refractivity contribution in [3.63, 3.8) is 0 Å². The van der Waals surface area contributed by atoms with E-state index >= 15 is 0 Å². The molecule has 1 aromatic heterocycles. The van der Waals surface area contributed by atoms with Crippen molar-refractivity contribution in [3.05, 3.63) is 29.8 Å². The van der Waals surface area contributed by atoms with Gasteiger partial charge >= 0.3 is 0 Å². The molecule has 16 heavy (non-hydrogen) atoms. The molecule has 0 fully saturated rings. The number of benzene rings is 1. The van der Waals surface area contributed by atoms with Crippen LogP contribution in [0.2, 0.25) is 0 Å². The Balaban J connectivity index is 2.26. The van der Waals surface area contributed by atoms with Gasteiger partial charge in [-0.15, -0.1) is 0 Å². The van der Waals surface area contributed by atoms with Crippen molar-refractivity contribution < 1.29 is 14.2 Å². The fourth-order valence-corrected chi connectivity index (χ4v) is 1.63. The highest BCUT2D eigenvalue weighted by molar-refractivity contribution is 7.11. The maximum atomic E-state index is 5.52. The standard InChI is InChI=1S/C11H10NO3S/c1-13-8-5-9(14-2)7-10(6-8)15-11-12-3-4-16-11/h4-7H,1-2H3. The van der Waals surface area contributed by atoms with Crippen molar-refractivity contribution in [1.82, 2.24) is 4.98 Å². The molecule has 83 valence electrons. The Bertz CT molecular complexity index is 434. The topological polar surface area (TPSA) is 40.6 Å². The summed E-state index contributed by atoms with van der Waals surface area (Å²) in [5, 5.41) is 2.27. The van der Waals surface area contributed by atoms with Crippen molar-refractivity contribution in [3.8, 4) is 22.4 Å². The van der Waals surface area contributed by atoms with Gasteiger partial charge in [0.1, 0.15) is 23.4 Å². The molecular formula is C11H10NO3S. The molecule has 1 heterocycles. The molecule has 0 N–H and O–H groups in total. The van der Waals surface area contributed by atoms with Gasteiger partial charge in [-0.2, -0.15) is 0 Å². The van der Waals surface area contributed by atoms with Gasteiger partial charge in [0.2, 0.25) is 0 Å². The lowest BCUT2D eigenvalue weighted by molar-refractivity contribution is 0.386. The maximum absolute atomic E-state index is 5.52. The minimum absolute atomic E-state index is 0.537. The largest absolute Gasteiger partial charge is 0.496 e. The van der Waals surface area contributed by atoms with Crippen molar-refractivity contribution in [1.29, 1.82) is 0 Å². The van der Waals surface area contributed by atoms with Crippen LogP contribution >= 0.6 is 11.3 Å². The first kappa shape index (κ1) is 10.8. The SMILES string of the molecule is COc1cc(OC)cc(Oc2n[c]cs2)c1. The summed E-state index contributed by atoms with van der Waals surface area (Å²) in [4.78, 5) is 3.91. The van der Waals surface area contributed by atoms with Gasteiger partial charge in [0.25, 0.3) is 5.19 Å². The van der Waals surface area contributed by atoms with Crippen molar-refractivity contribution in [2.45, 2.75) is 0 Å². The van der Waals surface area contributed by atoms with Gasteiger partial charge in [-0.05, 0) is 0 Å². The second kappa shape index (κ2) is 4.85. The molecule has 2 aromatic rings. The van der Waals surface area contributed by atoms with Crippen LogP contribution < -0.4 is 14.2 Å². The molecule has 2 rings (SSSR count). The summed E-state index contributed by atoms with van der Waals surface area (Å²) in [5.74, 6) is 1.98. The van der Waals surface area contributed by atoms with E-state index in [4.69, 9.17) is 14.2 Å². The number of thiazole rings is 1. The molecule has 1 radical (unpaired) electrons. The fourth-order valence-electron chi connectivity index (χ4n) is 1.17. The second-order valence-corrected chi connectivity index (χ2v) is 3.71. The first-order valence-corrected chi connectivity index (χ1v) is 5.42. The molecule has 0 spiro atoms. The van der Waals surface area contributed by atoms with Crippen LogP contribution in [0.1, 0.15) is 0 Å². The molecule has 0 saturated carbocycles. The Labute approximate surface area is 97.4 Å². The molecule has 1 aromatic carbocycles. The van der Waals surface area contributed by atoms with E-state index < -0.39 is 0 Å². The van der Waals surface area contributed by atoms with E-state index in [9.17, 15) is 0 Å². The van der Waals surface area contributed by atoms with Gasteiger partial charge < -0.3 is 14.2 Å². The van der Waals surface area contributed by atoms with Crippen LogP contribution in [-0.4, -0.2) is 19.2 Å². The highest BCUT2D eigenvalue weighted by Crippen LogP contribution is 2.31. The number of aromatic nitrogens is 1. The fraction of sp³-hybridized carbons (Fsp3) is 0.182. The van der Waals surface area contributed by atoms with Crippen LogP contribution in [0.5, 0.6) is 22.4 Å². The normalized spacial score (nSPS) is 9.88. The van der Waals surface area contributed by atoms with Gasteiger partial charge in [-0.3, -0.25) is 0 Å². The smallest absolute Gasteiger partial charge is 0.279 e. The van der Waals surface area contributed by atoms with Gasteiger partial charge in [-0.1, -0.05) is 11.3 Å². The third-order valence-corrected chi connectivity index (χ3v) is 2.50. The lowest BCUT2D eigenvalue weighted by Crippen LogP contribution is -1.89. The molecule has 0 bridgehead atoms. The monoisotopic (exact) mass is 236 g/mol. The van der Waals surface area contributed by atoms with E-state index in [-0.39, 0.29) is 0 Å². The Morgan fingerprint density at radius 1 is 1.06 bits per heavy atom. The number of hydrogen-bond donors (Lipinski definition) is 0. The zero-order chi connectivity index (χ0) is 11.4. The zero-order valence-corrected chi connectivity index (χ0v) is 9.71. The van der Waals surface area contributed by atoms with E-state index in [1.165, 1.54) is 11.3 Å². The van der Waals surface area contributed by atoms with E-state index in [1.807, 2.05) is 0 Å². The average Bonchev–Trinajstić information content (AvgIpc) is 2.81. The number of rotatable bonds is 4. The molecule has 0 saturated heterocycles. The zero-order valence-electron chi connectivity index (χ0n) is 8.89. The van der Waals surface area contributed by atoms with Crippen LogP contribution in [0.3, 0.4) is 0 Å². The van der Waals surface area contributed by atoms with Crippen LogP contribution in [0.15, 0.2) is 23.6 Å². The Morgan fingerprint density at radius 3 is 2.19 bits per heavy atom.